The lowest BCUT2D eigenvalue weighted by atomic mass is 10.0. The largest absolute Gasteiger partial charge is 0.312 e. The van der Waals surface area contributed by atoms with Gasteiger partial charge in [-0.2, -0.15) is 0 Å². The van der Waals surface area contributed by atoms with Crippen molar-refractivity contribution in [1.82, 2.24) is 10.2 Å². The second-order valence-electron chi connectivity index (χ2n) is 6.38. The zero-order valence-electron chi connectivity index (χ0n) is 11.4. The van der Waals surface area contributed by atoms with Gasteiger partial charge in [-0.05, 0) is 57.5 Å². The third-order valence-electron chi connectivity index (χ3n) is 4.26. The number of hydrogen-bond donors (Lipinski definition) is 1. The first kappa shape index (κ1) is 12.4. The van der Waals surface area contributed by atoms with Crippen molar-refractivity contribution in [3.05, 3.63) is 0 Å². The fourth-order valence-corrected chi connectivity index (χ4v) is 2.90. The summed E-state index contributed by atoms with van der Waals surface area (Å²) in [5.41, 5.74) is 0. The van der Waals surface area contributed by atoms with Crippen molar-refractivity contribution >= 4 is 0 Å². The number of likely N-dealkylation sites (N-methyl/N-ethyl adjacent to an activating group) is 1. The molecule has 2 saturated carbocycles. The van der Waals surface area contributed by atoms with Crippen molar-refractivity contribution in [2.75, 3.05) is 20.6 Å². The number of nitrogens with one attached hydrogen (secondary N) is 1. The Morgan fingerprint density at radius 2 is 1.56 bits per heavy atom. The van der Waals surface area contributed by atoms with Crippen LogP contribution in [0.25, 0.3) is 0 Å². The lowest BCUT2D eigenvalue weighted by Gasteiger charge is -2.30. The van der Waals surface area contributed by atoms with E-state index in [9.17, 15) is 0 Å². The summed E-state index contributed by atoms with van der Waals surface area (Å²) in [6.45, 7) is 5.83. The smallest absolute Gasteiger partial charge is 0.0237 e. The molecule has 0 aromatic rings. The fraction of sp³-hybridized carbons (Fsp3) is 1.00. The molecule has 1 atom stereocenters. The average molecular weight is 224 g/mol. The molecule has 0 radical (unpaired) electrons. The highest BCUT2D eigenvalue weighted by Gasteiger charge is 2.41. The Hall–Kier alpha value is -0.0800. The Kier molecular flexibility index (Phi) is 3.91. The first-order valence-electron chi connectivity index (χ1n) is 6.99. The van der Waals surface area contributed by atoms with Crippen molar-refractivity contribution in [3.8, 4) is 0 Å². The van der Waals surface area contributed by atoms with E-state index in [0.29, 0.717) is 6.04 Å². The van der Waals surface area contributed by atoms with E-state index in [4.69, 9.17) is 0 Å². The minimum Gasteiger partial charge on any atom is -0.312 e. The van der Waals surface area contributed by atoms with Gasteiger partial charge in [0.1, 0.15) is 0 Å². The molecule has 2 fully saturated rings. The van der Waals surface area contributed by atoms with Crippen LogP contribution in [0.2, 0.25) is 0 Å². The zero-order valence-corrected chi connectivity index (χ0v) is 11.4. The van der Waals surface area contributed by atoms with E-state index < -0.39 is 0 Å². The molecule has 2 heteroatoms. The third kappa shape index (κ3) is 3.21. The molecule has 0 spiro atoms. The normalized spacial score (nSPS) is 23.4. The highest BCUT2D eigenvalue weighted by atomic mass is 15.1. The molecule has 0 aromatic heterocycles. The minimum absolute atomic E-state index is 0.681. The molecule has 2 aliphatic carbocycles. The highest BCUT2D eigenvalue weighted by molar-refractivity contribution is 4.96. The van der Waals surface area contributed by atoms with Crippen LogP contribution in [0.4, 0.5) is 0 Å². The summed E-state index contributed by atoms with van der Waals surface area (Å²) < 4.78 is 0. The third-order valence-corrected chi connectivity index (χ3v) is 4.26. The van der Waals surface area contributed by atoms with Gasteiger partial charge in [-0.3, -0.25) is 0 Å². The van der Waals surface area contributed by atoms with Crippen LogP contribution in [-0.4, -0.2) is 37.6 Å². The summed E-state index contributed by atoms with van der Waals surface area (Å²) in [5, 5.41) is 3.86. The maximum Gasteiger partial charge on any atom is 0.0237 e. The molecule has 0 aromatic carbocycles. The summed E-state index contributed by atoms with van der Waals surface area (Å²) in [6, 6.07) is 1.53. The van der Waals surface area contributed by atoms with Crippen molar-refractivity contribution in [3.63, 3.8) is 0 Å². The van der Waals surface area contributed by atoms with Gasteiger partial charge < -0.3 is 10.2 Å². The quantitative estimate of drug-likeness (QED) is 0.714. The van der Waals surface area contributed by atoms with Gasteiger partial charge in [-0.1, -0.05) is 13.8 Å². The van der Waals surface area contributed by atoms with E-state index in [1.54, 1.807) is 0 Å². The summed E-state index contributed by atoms with van der Waals surface area (Å²) >= 11 is 0. The second-order valence-corrected chi connectivity index (χ2v) is 6.38. The zero-order chi connectivity index (χ0) is 11.7. The van der Waals surface area contributed by atoms with Crippen molar-refractivity contribution in [1.29, 1.82) is 0 Å². The van der Waals surface area contributed by atoms with Crippen LogP contribution in [0.1, 0.15) is 39.5 Å². The summed E-state index contributed by atoms with van der Waals surface area (Å²) in [7, 11) is 4.41. The fourth-order valence-electron chi connectivity index (χ4n) is 2.90. The van der Waals surface area contributed by atoms with E-state index in [0.717, 1.165) is 23.8 Å². The molecule has 1 unspecified atom stereocenters. The van der Waals surface area contributed by atoms with Gasteiger partial charge in [-0.15, -0.1) is 0 Å². The summed E-state index contributed by atoms with van der Waals surface area (Å²) in [4.78, 5) is 2.37. The molecular weight excluding hydrogens is 196 g/mol. The monoisotopic (exact) mass is 224 g/mol. The minimum atomic E-state index is 0.681. The highest BCUT2D eigenvalue weighted by Crippen LogP contribution is 2.44. The van der Waals surface area contributed by atoms with E-state index in [1.807, 2.05) is 0 Å². The first-order chi connectivity index (χ1) is 7.59. The topological polar surface area (TPSA) is 15.3 Å². The number of nitrogens with zero attached hydrogens (tertiary/aromatic N) is 1. The molecule has 94 valence electrons. The standard InChI is InChI=1S/C14H28N2/c1-10(2)13(16(3)4)9-15-14(11-5-6-11)12-7-8-12/h10-15H,5-9H2,1-4H3. The van der Waals surface area contributed by atoms with Crippen LogP contribution in [-0.2, 0) is 0 Å². The van der Waals surface area contributed by atoms with Crippen LogP contribution in [0.3, 0.4) is 0 Å². The van der Waals surface area contributed by atoms with Crippen LogP contribution in [0.5, 0.6) is 0 Å². The Labute approximate surface area is 101 Å². The molecule has 0 amide bonds. The molecule has 1 N–H and O–H groups in total. The van der Waals surface area contributed by atoms with E-state index >= 15 is 0 Å². The SMILES string of the molecule is CC(C)C(CNC(C1CC1)C1CC1)N(C)C. The lowest BCUT2D eigenvalue weighted by molar-refractivity contribution is 0.212. The van der Waals surface area contributed by atoms with Crippen LogP contribution in [0.15, 0.2) is 0 Å². The Morgan fingerprint density at radius 3 is 1.88 bits per heavy atom. The molecule has 0 saturated heterocycles. The van der Waals surface area contributed by atoms with Gasteiger partial charge in [0.15, 0.2) is 0 Å². The molecule has 0 heterocycles. The summed E-state index contributed by atoms with van der Waals surface area (Å²) in [5.74, 6) is 2.77. The van der Waals surface area contributed by atoms with Gasteiger partial charge in [0.25, 0.3) is 0 Å². The average Bonchev–Trinajstić information content (AvgIpc) is 3.01. The van der Waals surface area contributed by atoms with E-state index in [2.05, 4.69) is 38.2 Å². The molecule has 0 bridgehead atoms. The van der Waals surface area contributed by atoms with Crippen molar-refractivity contribution in [2.45, 2.75) is 51.6 Å². The maximum absolute atomic E-state index is 3.86. The predicted molar refractivity (Wildman–Crippen MR) is 69.6 cm³/mol. The van der Waals surface area contributed by atoms with Crippen molar-refractivity contribution in [2.24, 2.45) is 17.8 Å². The van der Waals surface area contributed by atoms with Gasteiger partial charge in [0.05, 0.1) is 0 Å². The lowest BCUT2D eigenvalue weighted by Crippen LogP contribution is -2.46. The number of hydrogen-bond acceptors (Lipinski definition) is 2. The predicted octanol–water partition coefficient (Wildman–Crippen LogP) is 2.35. The molecule has 0 aliphatic heterocycles. The molecule has 2 rings (SSSR count). The first-order valence-corrected chi connectivity index (χ1v) is 6.99. The van der Waals surface area contributed by atoms with Crippen LogP contribution >= 0.6 is 0 Å². The van der Waals surface area contributed by atoms with Gasteiger partial charge in [-0.25, -0.2) is 0 Å². The summed E-state index contributed by atoms with van der Waals surface area (Å²) in [6.07, 6.45) is 5.90. The van der Waals surface area contributed by atoms with Gasteiger partial charge >= 0.3 is 0 Å². The van der Waals surface area contributed by atoms with Crippen LogP contribution in [0, 0.1) is 17.8 Å². The van der Waals surface area contributed by atoms with E-state index in [1.165, 1.54) is 32.2 Å². The van der Waals surface area contributed by atoms with E-state index in [-0.39, 0.29) is 0 Å². The molecule has 2 aliphatic rings. The maximum atomic E-state index is 3.86. The van der Waals surface area contributed by atoms with Crippen LogP contribution < -0.4 is 5.32 Å². The van der Waals surface area contributed by atoms with Crippen molar-refractivity contribution < 1.29 is 0 Å². The Balaban J connectivity index is 1.78. The second kappa shape index (κ2) is 5.05. The van der Waals surface area contributed by atoms with Gasteiger partial charge in [0, 0.05) is 18.6 Å². The Morgan fingerprint density at radius 1 is 1.06 bits per heavy atom. The Bertz CT molecular complexity index is 189. The number of rotatable bonds is 7. The van der Waals surface area contributed by atoms with Gasteiger partial charge in [0.2, 0.25) is 0 Å². The molecular formula is C14H28N2. The molecule has 2 nitrogen and oxygen atoms in total. The molecule has 16 heavy (non-hydrogen) atoms.